The Balaban J connectivity index is 5.40. The summed E-state index contributed by atoms with van der Waals surface area (Å²) in [5.74, 6) is 0. The lowest BCUT2D eigenvalue weighted by atomic mass is 9.87. The number of hydrogen-bond acceptors (Lipinski definition) is 7. The molecule has 0 heterocycles. The largest absolute Gasteiger partial charge is 0.404 e. The zero-order valence-corrected chi connectivity index (χ0v) is 8.42. The Morgan fingerprint density at radius 3 is 2.47 bits per heavy atom. The van der Waals surface area contributed by atoms with Gasteiger partial charge in [0.2, 0.25) is 0 Å². The van der Waals surface area contributed by atoms with Gasteiger partial charge in [0.05, 0.1) is 6.54 Å². The van der Waals surface area contributed by atoms with Gasteiger partial charge in [-0.05, 0) is 6.92 Å². The van der Waals surface area contributed by atoms with Crippen molar-refractivity contribution in [3.8, 4) is 0 Å². The fourth-order valence-electron chi connectivity index (χ4n) is 1.35. The molecule has 0 radical (unpaired) electrons. The van der Waals surface area contributed by atoms with Crippen LogP contribution in [0.2, 0.25) is 0 Å². The van der Waals surface area contributed by atoms with E-state index in [1.807, 2.05) is 0 Å². The molecule has 86 valence electrons. The molecule has 0 aromatic heterocycles. The molecule has 2 atom stereocenters. The third kappa shape index (κ3) is 2.48. The van der Waals surface area contributed by atoms with Gasteiger partial charge in [0.1, 0.15) is 0 Å². The van der Waals surface area contributed by atoms with Gasteiger partial charge in [0.15, 0.2) is 6.54 Å². The summed E-state index contributed by atoms with van der Waals surface area (Å²) in [6.45, 7) is 0.564. The molecule has 0 aliphatic heterocycles. The lowest BCUT2D eigenvalue weighted by Gasteiger charge is -2.25. The van der Waals surface area contributed by atoms with Crippen LogP contribution in [0.4, 0.5) is 0 Å². The van der Waals surface area contributed by atoms with E-state index in [-0.39, 0.29) is 12.1 Å². The molecule has 15 heavy (non-hydrogen) atoms. The highest BCUT2D eigenvalue weighted by Gasteiger charge is 2.47. The molecule has 0 saturated carbocycles. The molecule has 0 amide bonds. The SMILES string of the molecule is CC(N)/C(=C\N)C(CN)(CN=O)[N+](=O)[O-]. The van der Waals surface area contributed by atoms with Crippen molar-refractivity contribution in [2.45, 2.75) is 18.5 Å². The normalized spacial score (nSPS) is 17.9. The third-order valence-electron chi connectivity index (χ3n) is 2.22. The average molecular weight is 217 g/mol. The van der Waals surface area contributed by atoms with Gasteiger partial charge in [-0.25, -0.2) is 0 Å². The van der Waals surface area contributed by atoms with Crippen LogP contribution in [0.5, 0.6) is 0 Å². The second-order valence-corrected chi connectivity index (χ2v) is 3.19. The van der Waals surface area contributed by atoms with Crippen LogP contribution in [0.25, 0.3) is 0 Å². The molecule has 0 bridgehead atoms. The van der Waals surface area contributed by atoms with Crippen molar-refractivity contribution in [2.75, 3.05) is 13.1 Å². The lowest BCUT2D eigenvalue weighted by Crippen LogP contribution is -2.53. The van der Waals surface area contributed by atoms with Crippen LogP contribution in [0.15, 0.2) is 16.9 Å². The number of nitrogens with two attached hydrogens (primary N) is 3. The lowest BCUT2D eigenvalue weighted by molar-refractivity contribution is -0.552. The first-order valence-electron chi connectivity index (χ1n) is 4.27. The van der Waals surface area contributed by atoms with Gasteiger partial charge >= 0.3 is 0 Å². The van der Waals surface area contributed by atoms with E-state index in [9.17, 15) is 15.0 Å². The Kier molecular flexibility index (Phi) is 4.82. The van der Waals surface area contributed by atoms with Gasteiger partial charge in [-0.15, -0.1) is 0 Å². The van der Waals surface area contributed by atoms with E-state index < -0.39 is 23.0 Å². The molecule has 0 aliphatic rings. The summed E-state index contributed by atoms with van der Waals surface area (Å²) in [5.41, 5.74) is 14.4. The summed E-state index contributed by atoms with van der Waals surface area (Å²) in [5, 5.41) is 13.4. The topological polar surface area (TPSA) is 151 Å². The third-order valence-corrected chi connectivity index (χ3v) is 2.22. The molecule has 0 fully saturated rings. The minimum absolute atomic E-state index is 0.106. The maximum Gasteiger partial charge on any atom is 0.280 e. The van der Waals surface area contributed by atoms with Crippen LogP contribution in [-0.2, 0) is 0 Å². The molecular formula is C7H15N5O3. The second-order valence-electron chi connectivity index (χ2n) is 3.19. The van der Waals surface area contributed by atoms with Crippen molar-refractivity contribution >= 4 is 0 Å². The maximum atomic E-state index is 10.9. The second kappa shape index (κ2) is 5.37. The van der Waals surface area contributed by atoms with E-state index in [0.717, 1.165) is 6.20 Å². The van der Waals surface area contributed by atoms with Crippen LogP contribution >= 0.6 is 0 Å². The molecule has 2 unspecified atom stereocenters. The molecule has 0 saturated heterocycles. The fourth-order valence-corrected chi connectivity index (χ4v) is 1.35. The van der Waals surface area contributed by atoms with E-state index in [2.05, 4.69) is 5.18 Å². The highest BCUT2D eigenvalue weighted by molar-refractivity contribution is 5.22. The number of hydrogen-bond donors (Lipinski definition) is 3. The Morgan fingerprint density at radius 2 is 2.27 bits per heavy atom. The summed E-state index contributed by atoms with van der Waals surface area (Å²) < 4.78 is 0. The summed E-state index contributed by atoms with van der Waals surface area (Å²) in [7, 11) is 0. The van der Waals surface area contributed by atoms with Gasteiger partial charge in [-0.2, -0.15) is 4.91 Å². The average Bonchev–Trinajstić information content (AvgIpc) is 2.16. The Hall–Kier alpha value is -1.54. The maximum absolute atomic E-state index is 10.9. The molecule has 0 aliphatic carbocycles. The minimum Gasteiger partial charge on any atom is -0.404 e. The molecule has 8 heteroatoms. The molecule has 0 aromatic carbocycles. The highest BCUT2D eigenvalue weighted by Crippen LogP contribution is 2.22. The molecule has 8 nitrogen and oxygen atoms in total. The summed E-state index contributed by atoms with van der Waals surface area (Å²) >= 11 is 0. The van der Waals surface area contributed by atoms with Crippen LogP contribution in [0.3, 0.4) is 0 Å². The quantitative estimate of drug-likeness (QED) is 0.292. The molecule has 0 rings (SSSR count). The Morgan fingerprint density at radius 1 is 1.73 bits per heavy atom. The zero-order chi connectivity index (χ0) is 12.1. The first-order valence-corrected chi connectivity index (χ1v) is 4.27. The summed E-state index contributed by atoms with van der Waals surface area (Å²) in [6.07, 6.45) is 1.02. The van der Waals surface area contributed by atoms with Gasteiger partial charge in [-0.3, -0.25) is 10.1 Å². The van der Waals surface area contributed by atoms with E-state index in [0.29, 0.717) is 0 Å². The zero-order valence-electron chi connectivity index (χ0n) is 8.42. The molecular weight excluding hydrogens is 202 g/mol. The van der Waals surface area contributed by atoms with Gasteiger partial charge < -0.3 is 17.2 Å². The number of nitro groups is 1. The first-order chi connectivity index (χ1) is 6.96. The van der Waals surface area contributed by atoms with Crippen molar-refractivity contribution in [2.24, 2.45) is 22.4 Å². The smallest absolute Gasteiger partial charge is 0.280 e. The van der Waals surface area contributed by atoms with E-state index in [4.69, 9.17) is 17.2 Å². The summed E-state index contributed by atoms with van der Waals surface area (Å²) in [6, 6.07) is -0.661. The minimum atomic E-state index is -1.79. The summed E-state index contributed by atoms with van der Waals surface area (Å²) in [4.78, 5) is 20.5. The number of rotatable bonds is 6. The van der Waals surface area contributed by atoms with Crippen molar-refractivity contribution in [3.63, 3.8) is 0 Å². The molecule has 6 N–H and O–H groups in total. The van der Waals surface area contributed by atoms with Gasteiger partial charge in [0, 0.05) is 22.7 Å². The number of nitrogens with zero attached hydrogens (tertiary/aromatic N) is 2. The molecule has 0 aromatic rings. The van der Waals surface area contributed by atoms with Gasteiger partial charge in [-0.1, -0.05) is 5.18 Å². The monoisotopic (exact) mass is 217 g/mol. The van der Waals surface area contributed by atoms with E-state index in [1.54, 1.807) is 0 Å². The van der Waals surface area contributed by atoms with Crippen LogP contribution in [-0.4, -0.2) is 29.6 Å². The highest BCUT2D eigenvalue weighted by atomic mass is 16.6. The van der Waals surface area contributed by atoms with Crippen molar-refractivity contribution in [1.29, 1.82) is 0 Å². The van der Waals surface area contributed by atoms with Crippen molar-refractivity contribution in [3.05, 3.63) is 26.8 Å². The predicted molar refractivity (Wildman–Crippen MR) is 55.4 cm³/mol. The fraction of sp³-hybridized carbons (Fsp3) is 0.714. The van der Waals surface area contributed by atoms with Crippen LogP contribution in [0, 0.1) is 15.0 Å². The Bertz CT molecular complexity index is 278. The van der Waals surface area contributed by atoms with Crippen molar-refractivity contribution in [1.82, 2.24) is 0 Å². The van der Waals surface area contributed by atoms with Crippen molar-refractivity contribution < 1.29 is 4.92 Å². The first kappa shape index (κ1) is 13.5. The molecule has 0 spiro atoms. The van der Waals surface area contributed by atoms with E-state index in [1.165, 1.54) is 6.92 Å². The van der Waals surface area contributed by atoms with Gasteiger partial charge in [0.25, 0.3) is 5.54 Å². The Labute approximate surface area is 86.6 Å². The standard InChI is InChI=1S/C7H15N5O3/c1-5(10)6(2-8)7(3-9,4-11-13)12(14)15/h2,5H,3-4,8-10H2,1H3/b6-2+. The van der Waals surface area contributed by atoms with Crippen LogP contribution in [0.1, 0.15) is 6.92 Å². The van der Waals surface area contributed by atoms with Crippen LogP contribution < -0.4 is 17.2 Å². The number of nitroso groups, excluding NO2 is 1. The van der Waals surface area contributed by atoms with E-state index >= 15 is 0 Å². The predicted octanol–water partition coefficient (Wildman–Crippen LogP) is -1.08.